The smallest absolute Gasteiger partial charge is 0.387 e. The summed E-state index contributed by atoms with van der Waals surface area (Å²) in [5.41, 5.74) is 1.78. The number of aromatic nitrogens is 2. The van der Waals surface area contributed by atoms with Crippen LogP contribution >= 0.6 is 11.8 Å². The van der Waals surface area contributed by atoms with E-state index < -0.39 is 17.8 Å². The van der Waals surface area contributed by atoms with Gasteiger partial charge in [0.15, 0.2) is 5.16 Å². The van der Waals surface area contributed by atoms with Crippen molar-refractivity contribution in [3.63, 3.8) is 0 Å². The lowest BCUT2D eigenvalue weighted by Crippen LogP contribution is -2.28. The maximum absolute atomic E-state index is 12.8. The van der Waals surface area contributed by atoms with E-state index in [1.165, 1.54) is 23.9 Å². The number of benzene rings is 1. The van der Waals surface area contributed by atoms with Crippen LogP contribution < -0.4 is 5.32 Å². The van der Waals surface area contributed by atoms with E-state index in [4.69, 9.17) is 0 Å². The highest BCUT2D eigenvalue weighted by molar-refractivity contribution is 7.98. The quantitative estimate of drug-likeness (QED) is 0.536. The maximum Gasteiger partial charge on any atom is 0.416 e. The van der Waals surface area contributed by atoms with Crippen molar-refractivity contribution in [3.05, 3.63) is 52.3 Å². The van der Waals surface area contributed by atoms with Crippen LogP contribution in [-0.4, -0.2) is 33.8 Å². The Hall–Kier alpha value is -2.13. The van der Waals surface area contributed by atoms with Crippen LogP contribution in [0, 0.1) is 13.8 Å². The third-order valence-corrected chi connectivity index (χ3v) is 4.82. The maximum atomic E-state index is 12.8. The minimum atomic E-state index is -4.48. The summed E-state index contributed by atoms with van der Waals surface area (Å²) in [5, 5.41) is 13.3. The number of aliphatic hydroxyl groups is 1. The average molecular weight is 413 g/mol. The van der Waals surface area contributed by atoms with Crippen molar-refractivity contribution in [1.82, 2.24) is 15.3 Å². The molecule has 0 radical (unpaired) electrons. The van der Waals surface area contributed by atoms with Crippen molar-refractivity contribution in [2.75, 3.05) is 12.8 Å². The second-order valence-corrected chi connectivity index (χ2v) is 7.08. The second-order valence-electron chi connectivity index (χ2n) is 6.30. The molecule has 2 aromatic rings. The monoisotopic (exact) mass is 413 g/mol. The molecule has 0 bridgehead atoms. The van der Waals surface area contributed by atoms with E-state index in [1.54, 1.807) is 0 Å². The molecule has 0 aliphatic heterocycles. The summed E-state index contributed by atoms with van der Waals surface area (Å²) in [6.07, 6.45) is -3.21. The zero-order valence-electron chi connectivity index (χ0n) is 15.8. The normalized spacial score (nSPS) is 12.7. The van der Waals surface area contributed by atoms with Gasteiger partial charge in [0.2, 0.25) is 5.91 Å². The number of carbonyl (C=O) groups is 1. The number of aryl methyl sites for hydroxylation is 2. The first kappa shape index (κ1) is 22.2. The highest BCUT2D eigenvalue weighted by Crippen LogP contribution is 2.30. The van der Waals surface area contributed by atoms with E-state index in [2.05, 4.69) is 15.3 Å². The molecular formula is C19H22F3N3O2S. The molecule has 1 aromatic heterocycles. The molecule has 28 heavy (non-hydrogen) atoms. The third kappa shape index (κ3) is 5.93. The lowest BCUT2D eigenvalue weighted by atomic mass is 10.0. The van der Waals surface area contributed by atoms with Crippen molar-refractivity contribution in [2.45, 2.75) is 44.1 Å². The standard InChI is InChI=1S/C19H22F3N3O2S/c1-11-15(12(2)25-18(24-11)28-3)7-8-17(27)23-10-16(26)13-5-4-6-14(9-13)19(20,21)22/h4-6,9,16,26H,7-8,10H2,1-3H3,(H,23,27). The lowest BCUT2D eigenvalue weighted by Gasteiger charge is -2.15. The zero-order valence-corrected chi connectivity index (χ0v) is 16.6. The first-order valence-electron chi connectivity index (χ1n) is 8.62. The molecule has 0 aliphatic rings. The van der Waals surface area contributed by atoms with Crippen LogP contribution in [0.5, 0.6) is 0 Å². The lowest BCUT2D eigenvalue weighted by molar-refractivity contribution is -0.137. The number of hydrogen-bond donors (Lipinski definition) is 2. The minimum absolute atomic E-state index is 0.0999. The molecule has 2 N–H and O–H groups in total. The molecule has 1 amide bonds. The highest BCUT2D eigenvalue weighted by Gasteiger charge is 2.30. The Balaban J connectivity index is 1.91. The topological polar surface area (TPSA) is 75.1 Å². The van der Waals surface area contributed by atoms with Crippen LogP contribution in [0.4, 0.5) is 13.2 Å². The Morgan fingerprint density at radius 2 is 1.89 bits per heavy atom. The molecule has 1 unspecified atom stereocenters. The molecule has 0 fully saturated rings. The minimum Gasteiger partial charge on any atom is -0.387 e. The SMILES string of the molecule is CSc1nc(C)c(CCC(=O)NCC(O)c2cccc(C(F)(F)F)c2)c(C)n1. The summed E-state index contributed by atoms with van der Waals surface area (Å²) < 4.78 is 38.3. The van der Waals surface area contributed by atoms with Gasteiger partial charge in [-0.1, -0.05) is 23.9 Å². The number of nitrogens with zero attached hydrogens (tertiary/aromatic N) is 2. The van der Waals surface area contributed by atoms with E-state index in [1.807, 2.05) is 20.1 Å². The Kier molecular flexibility index (Phi) is 7.42. The molecule has 1 aromatic carbocycles. The zero-order chi connectivity index (χ0) is 20.9. The fourth-order valence-corrected chi connectivity index (χ4v) is 3.20. The van der Waals surface area contributed by atoms with Crippen LogP contribution in [0.25, 0.3) is 0 Å². The predicted octanol–water partition coefficient (Wildman–Crippen LogP) is 3.62. The van der Waals surface area contributed by atoms with Gasteiger partial charge in [0.05, 0.1) is 11.7 Å². The molecule has 5 nitrogen and oxygen atoms in total. The molecule has 0 spiro atoms. The molecule has 0 saturated carbocycles. The van der Waals surface area contributed by atoms with E-state index in [0.29, 0.717) is 11.6 Å². The summed E-state index contributed by atoms with van der Waals surface area (Å²) in [5.74, 6) is -0.307. The van der Waals surface area contributed by atoms with Crippen LogP contribution in [0.15, 0.2) is 29.4 Å². The molecular weight excluding hydrogens is 391 g/mol. The molecule has 1 heterocycles. The number of alkyl halides is 3. The van der Waals surface area contributed by atoms with Crippen molar-refractivity contribution >= 4 is 17.7 Å². The predicted molar refractivity (Wildman–Crippen MR) is 101 cm³/mol. The Bertz CT molecular complexity index is 820. The molecule has 2 rings (SSSR count). The number of nitrogens with one attached hydrogen (secondary N) is 1. The Morgan fingerprint density at radius 1 is 1.25 bits per heavy atom. The van der Waals surface area contributed by atoms with Gasteiger partial charge in [-0.2, -0.15) is 13.2 Å². The van der Waals surface area contributed by atoms with Gasteiger partial charge in [-0.15, -0.1) is 0 Å². The Morgan fingerprint density at radius 3 is 2.46 bits per heavy atom. The van der Waals surface area contributed by atoms with Gasteiger partial charge in [0.1, 0.15) is 0 Å². The van der Waals surface area contributed by atoms with Crippen molar-refractivity contribution in [1.29, 1.82) is 0 Å². The van der Waals surface area contributed by atoms with Crippen LogP contribution in [0.3, 0.4) is 0 Å². The molecule has 0 saturated heterocycles. The molecule has 152 valence electrons. The summed E-state index contributed by atoms with van der Waals surface area (Å²) in [7, 11) is 0. The van der Waals surface area contributed by atoms with E-state index in [0.717, 1.165) is 29.1 Å². The van der Waals surface area contributed by atoms with Gasteiger partial charge >= 0.3 is 6.18 Å². The van der Waals surface area contributed by atoms with Crippen LogP contribution in [0.1, 0.15) is 40.6 Å². The van der Waals surface area contributed by atoms with E-state index in [9.17, 15) is 23.1 Å². The van der Waals surface area contributed by atoms with Crippen molar-refractivity contribution in [2.24, 2.45) is 0 Å². The summed E-state index contributed by atoms with van der Waals surface area (Å²) in [6, 6.07) is 4.44. The molecule has 9 heteroatoms. The summed E-state index contributed by atoms with van der Waals surface area (Å²) in [6.45, 7) is 3.55. The number of rotatable bonds is 7. The number of carbonyl (C=O) groups excluding carboxylic acids is 1. The number of thioether (sulfide) groups is 1. The fourth-order valence-electron chi connectivity index (χ4n) is 2.74. The number of amides is 1. The van der Waals surface area contributed by atoms with Gasteiger partial charge in [0, 0.05) is 24.4 Å². The van der Waals surface area contributed by atoms with E-state index in [-0.39, 0.29) is 24.4 Å². The van der Waals surface area contributed by atoms with Gasteiger partial charge in [0.25, 0.3) is 0 Å². The fraction of sp³-hybridized carbons (Fsp3) is 0.421. The second kappa shape index (κ2) is 9.38. The van der Waals surface area contributed by atoms with Gasteiger partial charge < -0.3 is 10.4 Å². The number of aliphatic hydroxyl groups excluding tert-OH is 1. The van der Waals surface area contributed by atoms with Gasteiger partial charge in [-0.05, 0) is 49.8 Å². The average Bonchev–Trinajstić information content (AvgIpc) is 2.64. The summed E-state index contributed by atoms with van der Waals surface area (Å²) >= 11 is 1.44. The van der Waals surface area contributed by atoms with E-state index >= 15 is 0 Å². The highest BCUT2D eigenvalue weighted by atomic mass is 32.2. The number of halogens is 3. The van der Waals surface area contributed by atoms with Gasteiger partial charge in [-0.3, -0.25) is 4.79 Å². The molecule has 1 atom stereocenters. The largest absolute Gasteiger partial charge is 0.416 e. The van der Waals surface area contributed by atoms with Crippen LogP contribution in [0.2, 0.25) is 0 Å². The third-order valence-electron chi connectivity index (χ3n) is 4.28. The first-order valence-corrected chi connectivity index (χ1v) is 9.84. The number of hydrogen-bond acceptors (Lipinski definition) is 5. The first-order chi connectivity index (χ1) is 13.1. The Labute approximate surface area is 165 Å². The van der Waals surface area contributed by atoms with Crippen LogP contribution in [-0.2, 0) is 17.4 Å². The van der Waals surface area contributed by atoms with Crippen molar-refractivity contribution in [3.8, 4) is 0 Å². The van der Waals surface area contributed by atoms with Crippen molar-refractivity contribution < 1.29 is 23.1 Å². The van der Waals surface area contributed by atoms with Gasteiger partial charge in [-0.25, -0.2) is 9.97 Å². The summed E-state index contributed by atoms with van der Waals surface area (Å²) in [4.78, 5) is 20.8. The molecule has 0 aliphatic carbocycles.